The standard InChI is InChI=1S/C11H14ClN3O3S2/c1-2-14-10(16)6-15-20(17,18)7-3-4-8(11(13)19)9(12)5-7/h3-5,15H,2,6H2,1H3,(H2,13,19)(H,14,16). The molecule has 0 atom stereocenters. The van der Waals surface area contributed by atoms with Gasteiger partial charge in [-0.1, -0.05) is 23.8 Å². The van der Waals surface area contributed by atoms with Gasteiger partial charge in [0.05, 0.1) is 16.5 Å². The fourth-order valence-electron chi connectivity index (χ4n) is 1.37. The van der Waals surface area contributed by atoms with E-state index < -0.39 is 15.9 Å². The number of amides is 1. The first-order chi connectivity index (χ1) is 9.27. The minimum atomic E-state index is -3.82. The molecule has 0 unspecified atom stereocenters. The van der Waals surface area contributed by atoms with Gasteiger partial charge >= 0.3 is 0 Å². The molecular weight excluding hydrogens is 322 g/mol. The molecule has 0 heterocycles. The van der Waals surface area contributed by atoms with Crippen molar-refractivity contribution in [1.82, 2.24) is 10.0 Å². The first-order valence-corrected chi connectivity index (χ1v) is 7.90. The minimum absolute atomic E-state index is 0.0631. The van der Waals surface area contributed by atoms with Crippen LogP contribution in [0.15, 0.2) is 23.1 Å². The van der Waals surface area contributed by atoms with Crippen molar-refractivity contribution in [3.63, 3.8) is 0 Å². The maximum absolute atomic E-state index is 12.0. The predicted octanol–water partition coefficient (Wildman–Crippen LogP) is 0.389. The summed E-state index contributed by atoms with van der Waals surface area (Å²) in [5.74, 6) is -0.415. The Balaban J connectivity index is 2.91. The van der Waals surface area contributed by atoms with E-state index in [1.54, 1.807) is 6.92 Å². The third-order valence-corrected chi connectivity index (χ3v) is 4.24. The molecule has 0 aliphatic rings. The second kappa shape index (κ2) is 6.98. The number of nitrogens with one attached hydrogen (secondary N) is 2. The molecule has 4 N–H and O–H groups in total. The zero-order valence-corrected chi connectivity index (χ0v) is 13.0. The zero-order valence-electron chi connectivity index (χ0n) is 10.6. The van der Waals surface area contributed by atoms with Crippen LogP contribution >= 0.6 is 23.8 Å². The normalized spacial score (nSPS) is 11.1. The number of hydrogen-bond donors (Lipinski definition) is 3. The van der Waals surface area contributed by atoms with Crippen molar-refractivity contribution in [1.29, 1.82) is 0 Å². The number of nitrogens with two attached hydrogens (primary N) is 1. The van der Waals surface area contributed by atoms with Gasteiger partial charge in [-0.15, -0.1) is 0 Å². The highest BCUT2D eigenvalue weighted by Crippen LogP contribution is 2.20. The molecule has 0 saturated carbocycles. The molecule has 6 nitrogen and oxygen atoms in total. The maximum Gasteiger partial charge on any atom is 0.241 e. The molecule has 20 heavy (non-hydrogen) atoms. The van der Waals surface area contributed by atoms with Crippen molar-refractivity contribution in [3.8, 4) is 0 Å². The van der Waals surface area contributed by atoms with E-state index in [0.717, 1.165) is 0 Å². The number of thiocarbonyl (C=S) groups is 1. The summed E-state index contributed by atoms with van der Waals surface area (Å²) in [5, 5.41) is 2.62. The highest BCUT2D eigenvalue weighted by atomic mass is 35.5. The van der Waals surface area contributed by atoms with Gasteiger partial charge in [0, 0.05) is 12.1 Å². The largest absolute Gasteiger partial charge is 0.389 e. The molecule has 1 aromatic carbocycles. The van der Waals surface area contributed by atoms with Gasteiger partial charge in [0.2, 0.25) is 15.9 Å². The quantitative estimate of drug-likeness (QED) is 0.653. The number of rotatable bonds is 6. The van der Waals surface area contributed by atoms with Crippen LogP contribution in [0.1, 0.15) is 12.5 Å². The van der Waals surface area contributed by atoms with Gasteiger partial charge in [-0.3, -0.25) is 4.79 Å². The molecule has 110 valence electrons. The molecule has 1 rings (SSSR count). The summed E-state index contributed by atoms with van der Waals surface area (Å²) < 4.78 is 26.1. The van der Waals surface area contributed by atoms with Gasteiger partial charge in [-0.25, -0.2) is 13.1 Å². The van der Waals surface area contributed by atoms with Crippen molar-refractivity contribution in [3.05, 3.63) is 28.8 Å². The van der Waals surface area contributed by atoms with Crippen LogP contribution in [0, 0.1) is 0 Å². The Hall–Kier alpha value is -1.22. The van der Waals surface area contributed by atoms with Gasteiger partial charge in [0.15, 0.2) is 0 Å². The summed E-state index contributed by atoms with van der Waals surface area (Å²) in [6.45, 7) is 1.82. The number of hydrogen-bond acceptors (Lipinski definition) is 4. The summed E-state index contributed by atoms with van der Waals surface area (Å²) in [6.07, 6.45) is 0. The lowest BCUT2D eigenvalue weighted by Crippen LogP contribution is -2.36. The van der Waals surface area contributed by atoms with Crippen LogP contribution in [0.25, 0.3) is 0 Å². The maximum atomic E-state index is 12.0. The number of benzene rings is 1. The first kappa shape index (κ1) is 16.8. The molecule has 0 fully saturated rings. The Labute approximate surface area is 127 Å². The van der Waals surface area contributed by atoms with Crippen LogP contribution in [0.5, 0.6) is 0 Å². The van der Waals surface area contributed by atoms with Crippen molar-refractivity contribution < 1.29 is 13.2 Å². The molecule has 0 aliphatic heterocycles. The van der Waals surface area contributed by atoms with Gasteiger partial charge < -0.3 is 11.1 Å². The third-order valence-electron chi connectivity index (χ3n) is 2.31. The van der Waals surface area contributed by atoms with E-state index in [2.05, 4.69) is 10.0 Å². The average Bonchev–Trinajstić information content (AvgIpc) is 2.36. The van der Waals surface area contributed by atoms with Crippen LogP contribution < -0.4 is 15.8 Å². The monoisotopic (exact) mass is 335 g/mol. The lowest BCUT2D eigenvalue weighted by atomic mass is 10.2. The Morgan fingerprint density at radius 1 is 1.45 bits per heavy atom. The first-order valence-electron chi connectivity index (χ1n) is 5.63. The fourth-order valence-corrected chi connectivity index (χ4v) is 2.96. The van der Waals surface area contributed by atoms with E-state index in [4.69, 9.17) is 29.6 Å². The topological polar surface area (TPSA) is 101 Å². The number of sulfonamides is 1. The van der Waals surface area contributed by atoms with E-state index in [-0.39, 0.29) is 21.5 Å². The predicted molar refractivity (Wildman–Crippen MR) is 81.2 cm³/mol. The van der Waals surface area contributed by atoms with E-state index in [1.165, 1.54) is 18.2 Å². The minimum Gasteiger partial charge on any atom is -0.389 e. The molecule has 0 bridgehead atoms. The Bertz CT molecular complexity index is 632. The van der Waals surface area contributed by atoms with Crippen LogP contribution in [0.4, 0.5) is 0 Å². The number of carbonyl (C=O) groups excluding carboxylic acids is 1. The lowest BCUT2D eigenvalue weighted by Gasteiger charge is -2.08. The van der Waals surface area contributed by atoms with Crippen LogP contribution in [-0.2, 0) is 14.8 Å². The lowest BCUT2D eigenvalue weighted by molar-refractivity contribution is -0.119. The van der Waals surface area contributed by atoms with Crippen LogP contribution in [-0.4, -0.2) is 32.4 Å². The van der Waals surface area contributed by atoms with Gasteiger partial charge in [-0.2, -0.15) is 0 Å². The SMILES string of the molecule is CCNC(=O)CNS(=O)(=O)c1ccc(C(N)=S)c(Cl)c1. The van der Waals surface area contributed by atoms with E-state index >= 15 is 0 Å². The second-order valence-corrected chi connectivity index (χ2v) is 6.40. The fraction of sp³-hybridized carbons (Fsp3) is 0.273. The smallest absolute Gasteiger partial charge is 0.241 e. The number of halogens is 1. The van der Waals surface area contributed by atoms with Crippen molar-refractivity contribution in [2.24, 2.45) is 5.73 Å². The van der Waals surface area contributed by atoms with Crippen molar-refractivity contribution >= 4 is 44.7 Å². The summed E-state index contributed by atoms with van der Waals surface area (Å²) in [4.78, 5) is 11.2. The molecule has 0 saturated heterocycles. The molecule has 9 heteroatoms. The number of likely N-dealkylation sites (N-methyl/N-ethyl adjacent to an activating group) is 1. The van der Waals surface area contributed by atoms with E-state index in [1.807, 2.05) is 0 Å². The van der Waals surface area contributed by atoms with Crippen LogP contribution in [0.3, 0.4) is 0 Å². The highest BCUT2D eigenvalue weighted by molar-refractivity contribution is 7.89. The molecular formula is C11H14ClN3O3S2. The van der Waals surface area contributed by atoms with E-state index in [9.17, 15) is 13.2 Å². The molecule has 1 amide bonds. The summed E-state index contributed by atoms with van der Waals surface area (Å²) in [5.41, 5.74) is 5.83. The summed E-state index contributed by atoms with van der Waals surface area (Å²) in [6, 6.07) is 3.97. The third kappa shape index (κ3) is 4.41. The summed E-state index contributed by atoms with van der Waals surface area (Å²) >= 11 is 10.7. The van der Waals surface area contributed by atoms with E-state index in [0.29, 0.717) is 12.1 Å². The number of carbonyl (C=O) groups is 1. The average molecular weight is 336 g/mol. The highest BCUT2D eigenvalue weighted by Gasteiger charge is 2.17. The van der Waals surface area contributed by atoms with Crippen molar-refractivity contribution in [2.75, 3.05) is 13.1 Å². The van der Waals surface area contributed by atoms with Crippen molar-refractivity contribution in [2.45, 2.75) is 11.8 Å². The second-order valence-electron chi connectivity index (χ2n) is 3.78. The molecule has 0 aromatic heterocycles. The van der Waals surface area contributed by atoms with Gasteiger partial charge in [0.1, 0.15) is 4.99 Å². The Kier molecular flexibility index (Phi) is 5.88. The zero-order chi connectivity index (χ0) is 15.3. The van der Waals surface area contributed by atoms with Crippen LogP contribution in [0.2, 0.25) is 5.02 Å². The molecule has 0 aliphatic carbocycles. The Morgan fingerprint density at radius 2 is 2.10 bits per heavy atom. The summed E-state index contributed by atoms with van der Waals surface area (Å²) in [7, 11) is -3.82. The molecule has 0 spiro atoms. The molecule has 1 aromatic rings. The van der Waals surface area contributed by atoms with Gasteiger partial charge in [-0.05, 0) is 25.1 Å². The molecule has 0 radical (unpaired) electrons. The Morgan fingerprint density at radius 3 is 2.60 bits per heavy atom. The van der Waals surface area contributed by atoms with Gasteiger partial charge in [0.25, 0.3) is 0 Å².